The Kier molecular flexibility index (Phi) is 3.65. The van der Waals surface area contributed by atoms with E-state index >= 15 is 0 Å². The summed E-state index contributed by atoms with van der Waals surface area (Å²) in [6.07, 6.45) is 2.67. The van der Waals surface area contributed by atoms with Gasteiger partial charge < -0.3 is 0 Å². The predicted octanol–water partition coefficient (Wildman–Crippen LogP) is 1.35. The molecule has 0 radical (unpaired) electrons. The summed E-state index contributed by atoms with van der Waals surface area (Å²) in [6.45, 7) is 2.81. The van der Waals surface area contributed by atoms with Crippen LogP contribution in [0.25, 0.3) is 0 Å². The molecule has 0 unspecified atom stereocenters. The fourth-order valence-electron chi connectivity index (χ4n) is 0.720. The lowest BCUT2D eigenvalue weighted by atomic mass is 10.5. The summed E-state index contributed by atoms with van der Waals surface area (Å²) in [5, 5.41) is 0.443. The van der Waals surface area contributed by atoms with E-state index in [1.807, 2.05) is 0 Å². The standard InChI is InChI=1S/C6H10Cl2N4/c1-2-3-9-6-4-5(7)10-12(8)11-6/h4,10H,2-3H2,1H3,(H,9,11). The van der Waals surface area contributed by atoms with Gasteiger partial charge in [0.1, 0.15) is 11.0 Å². The minimum absolute atomic E-state index is 0.443. The van der Waals surface area contributed by atoms with E-state index in [-0.39, 0.29) is 0 Å². The highest BCUT2D eigenvalue weighted by atomic mass is 35.5. The molecule has 0 aromatic rings. The molecule has 0 saturated heterocycles. The average molecular weight is 209 g/mol. The van der Waals surface area contributed by atoms with Crippen molar-refractivity contribution in [1.82, 2.24) is 15.5 Å². The Morgan fingerprint density at radius 1 is 1.58 bits per heavy atom. The van der Waals surface area contributed by atoms with Crippen LogP contribution in [0, 0.1) is 0 Å². The van der Waals surface area contributed by atoms with Gasteiger partial charge in [-0.15, -0.1) is 0 Å². The molecule has 1 rings (SSSR count). The lowest BCUT2D eigenvalue weighted by molar-refractivity contribution is 0.337. The SMILES string of the molecule is CCCN=C1C=C(Cl)NN(Cl)N1. The Labute approximate surface area is 81.3 Å². The molecule has 6 heteroatoms. The van der Waals surface area contributed by atoms with Crippen LogP contribution >= 0.6 is 23.4 Å². The van der Waals surface area contributed by atoms with Crippen molar-refractivity contribution < 1.29 is 0 Å². The lowest BCUT2D eigenvalue weighted by Crippen LogP contribution is -2.46. The van der Waals surface area contributed by atoms with Gasteiger partial charge in [-0.3, -0.25) is 15.8 Å². The molecule has 0 aliphatic carbocycles. The van der Waals surface area contributed by atoms with Gasteiger partial charge in [0.2, 0.25) is 0 Å². The highest BCUT2D eigenvalue weighted by Crippen LogP contribution is 2.03. The van der Waals surface area contributed by atoms with Gasteiger partial charge in [-0.1, -0.05) is 18.5 Å². The number of aliphatic imine (C=N–C) groups is 1. The van der Waals surface area contributed by atoms with Crippen molar-refractivity contribution in [2.75, 3.05) is 6.54 Å². The molecular weight excluding hydrogens is 199 g/mol. The number of rotatable bonds is 2. The molecule has 0 spiro atoms. The van der Waals surface area contributed by atoms with Crippen molar-refractivity contribution in [3.63, 3.8) is 0 Å². The number of nitrogens with one attached hydrogen (secondary N) is 2. The quantitative estimate of drug-likeness (QED) is 0.532. The monoisotopic (exact) mass is 208 g/mol. The van der Waals surface area contributed by atoms with Crippen molar-refractivity contribution >= 4 is 29.2 Å². The first kappa shape index (κ1) is 9.64. The number of hydrogen-bond acceptors (Lipinski definition) is 3. The van der Waals surface area contributed by atoms with E-state index in [9.17, 15) is 0 Å². The van der Waals surface area contributed by atoms with Crippen LogP contribution in [-0.2, 0) is 0 Å². The molecule has 0 bridgehead atoms. The topological polar surface area (TPSA) is 39.7 Å². The predicted molar refractivity (Wildman–Crippen MR) is 50.5 cm³/mol. The highest BCUT2D eigenvalue weighted by molar-refractivity contribution is 6.31. The molecule has 2 N–H and O–H groups in total. The lowest BCUT2D eigenvalue weighted by Gasteiger charge is -2.21. The molecule has 1 heterocycles. The minimum Gasteiger partial charge on any atom is -0.276 e. The molecule has 68 valence electrons. The molecule has 0 atom stereocenters. The maximum Gasteiger partial charge on any atom is 0.141 e. The zero-order valence-electron chi connectivity index (χ0n) is 6.64. The van der Waals surface area contributed by atoms with Crippen LogP contribution in [0.1, 0.15) is 13.3 Å². The second-order valence-corrected chi connectivity index (χ2v) is 3.01. The van der Waals surface area contributed by atoms with Gasteiger partial charge in [0.05, 0.1) is 0 Å². The molecule has 0 aromatic heterocycles. The molecule has 0 aromatic carbocycles. The Hall–Kier alpha value is -0.450. The van der Waals surface area contributed by atoms with E-state index in [1.54, 1.807) is 6.08 Å². The third-order valence-electron chi connectivity index (χ3n) is 1.19. The molecule has 0 amide bonds. The third kappa shape index (κ3) is 2.89. The molecule has 12 heavy (non-hydrogen) atoms. The number of amidine groups is 1. The van der Waals surface area contributed by atoms with E-state index in [1.165, 1.54) is 0 Å². The number of nitrogens with zero attached hydrogens (tertiary/aromatic N) is 2. The summed E-state index contributed by atoms with van der Waals surface area (Å²) >= 11 is 11.3. The van der Waals surface area contributed by atoms with E-state index in [0.717, 1.165) is 17.6 Å². The van der Waals surface area contributed by atoms with Gasteiger partial charge in [0.15, 0.2) is 0 Å². The molecule has 4 nitrogen and oxygen atoms in total. The van der Waals surface area contributed by atoms with Gasteiger partial charge in [-0.2, -0.15) is 0 Å². The van der Waals surface area contributed by atoms with Crippen LogP contribution in [0.3, 0.4) is 0 Å². The summed E-state index contributed by atoms with van der Waals surface area (Å²) in [7, 11) is 0. The molecule has 0 saturated carbocycles. The summed E-state index contributed by atoms with van der Waals surface area (Å²) in [4.78, 5) is 4.18. The summed E-state index contributed by atoms with van der Waals surface area (Å²) in [5.74, 6) is 0.663. The first-order valence-electron chi connectivity index (χ1n) is 3.63. The first-order chi connectivity index (χ1) is 5.72. The van der Waals surface area contributed by atoms with Crippen molar-refractivity contribution in [2.45, 2.75) is 13.3 Å². The Morgan fingerprint density at radius 3 is 2.92 bits per heavy atom. The van der Waals surface area contributed by atoms with Gasteiger partial charge in [0, 0.05) is 24.4 Å². The van der Waals surface area contributed by atoms with E-state index in [0.29, 0.717) is 11.0 Å². The second-order valence-electron chi connectivity index (χ2n) is 2.26. The smallest absolute Gasteiger partial charge is 0.141 e. The van der Waals surface area contributed by atoms with Crippen LogP contribution in [0.2, 0.25) is 0 Å². The summed E-state index contributed by atoms with van der Waals surface area (Å²) < 4.78 is 1.14. The zero-order valence-corrected chi connectivity index (χ0v) is 8.15. The van der Waals surface area contributed by atoms with Crippen molar-refractivity contribution in [1.29, 1.82) is 0 Å². The Morgan fingerprint density at radius 2 is 2.33 bits per heavy atom. The summed E-state index contributed by atoms with van der Waals surface area (Å²) in [5.41, 5.74) is 5.38. The zero-order chi connectivity index (χ0) is 8.97. The molecular formula is C6H10Cl2N4. The molecule has 1 aliphatic rings. The first-order valence-corrected chi connectivity index (χ1v) is 4.35. The molecule has 0 fully saturated rings. The molecule has 1 aliphatic heterocycles. The maximum atomic E-state index is 5.69. The highest BCUT2D eigenvalue weighted by Gasteiger charge is 2.10. The fourth-order valence-corrected chi connectivity index (χ4v) is 1.13. The average Bonchev–Trinajstić information content (AvgIpc) is 1.99. The Balaban J connectivity index is 2.60. The van der Waals surface area contributed by atoms with E-state index in [2.05, 4.69) is 22.8 Å². The van der Waals surface area contributed by atoms with Crippen molar-refractivity contribution in [2.24, 2.45) is 4.99 Å². The minimum atomic E-state index is 0.443. The van der Waals surface area contributed by atoms with Crippen LogP contribution in [0.4, 0.5) is 0 Å². The van der Waals surface area contributed by atoms with E-state index in [4.69, 9.17) is 23.4 Å². The van der Waals surface area contributed by atoms with Gasteiger partial charge in [0.25, 0.3) is 0 Å². The number of hydrogen-bond donors (Lipinski definition) is 2. The van der Waals surface area contributed by atoms with Crippen LogP contribution in [0.5, 0.6) is 0 Å². The van der Waals surface area contributed by atoms with Gasteiger partial charge >= 0.3 is 0 Å². The largest absolute Gasteiger partial charge is 0.276 e. The van der Waals surface area contributed by atoms with Gasteiger partial charge in [-0.25, -0.2) is 0 Å². The Bertz CT molecular complexity index is 214. The van der Waals surface area contributed by atoms with Crippen LogP contribution in [0.15, 0.2) is 16.2 Å². The third-order valence-corrected chi connectivity index (χ3v) is 1.55. The number of hydrazine groups is 2. The number of halogens is 2. The maximum absolute atomic E-state index is 5.69. The van der Waals surface area contributed by atoms with Crippen molar-refractivity contribution in [3.05, 3.63) is 11.2 Å². The summed E-state index contributed by atoms with van der Waals surface area (Å²) in [6, 6.07) is 0. The fraction of sp³-hybridized carbons (Fsp3) is 0.500. The van der Waals surface area contributed by atoms with Crippen LogP contribution in [-0.4, -0.2) is 17.0 Å². The second kappa shape index (κ2) is 4.54. The van der Waals surface area contributed by atoms with Crippen molar-refractivity contribution in [3.8, 4) is 0 Å². The van der Waals surface area contributed by atoms with Crippen LogP contribution < -0.4 is 10.9 Å². The normalized spacial score (nSPS) is 21.6. The van der Waals surface area contributed by atoms with E-state index < -0.39 is 0 Å². The van der Waals surface area contributed by atoms with Gasteiger partial charge in [-0.05, 0) is 11.1 Å².